The number of carbonyl (C=O) groups is 1. The van der Waals surface area contributed by atoms with Gasteiger partial charge in [-0.3, -0.25) is 9.78 Å². The first-order valence-corrected chi connectivity index (χ1v) is 6.21. The van der Waals surface area contributed by atoms with Crippen LogP contribution in [0.3, 0.4) is 0 Å². The number of hydrogen-bond acceptors (Lipinski definition) is 3. The fourth-order valence-corrected chi connectivity index (χ4v) is 2.29. The first-order chi connectivity index (χ1) is 8.61. The molecule has 1 saturated carbocycles. The van der Waals surface area contributed by atoms with Crippen molar-refractivity contribution in [1.82, 2.24) is 10.3 Å². The number of rotatable bonds is 3. The van der Waals surface area contributed by atoms with Crippen molar-refractivity contribution in [2.75, 3.05) is 6.54 Å². The van der Waals surface area contributed by atoms with Gasteiger partial charge in [-0.25, -0.2) is 4.39 Å². The first-order valence-electron chi connectivity index (χ1n) is 6.21. The van der Waals surface area contributed by atoms with Crippen molar-refractivity contribution in [2.24, 2.45) is 0 Å². The smallest absolute Gasteiger partial charge is 0.254 e. The molecule has 1 aliphatic carbocycles. The second kappa shape index (κ2) is 5.44. The Morgan fingerprint density at radius 2 is 2.17 bits per heavy atom. The van der Waals surface area contributed by atoms with Crippen LogP contribution in [0.4, 0.5) is 4.39 Å². The third kappa shape index (κ3) is 3.04. The van der Waals surface area contributed by atoms with Crippen LogP contribution in [0.15, 0.2) is 18.5 Å². The molecule has 0 atom stereocenters. The molecule has 1 aromatic heterocycles. The van der Waals surface area contributed by atoms with Gasteiger partial charge in [-0.2, -0.15) is 0 Å². The molecule has 0 spiro atoms. The van der Waals surface area contributed by atoms with Crippen molar-refractivity contribution in [3.8, 4) is 0 Å². The van der Waals surface area contributed by atoms with Gasteiger partial charge >= 0.3 is 0 Å². The van der Waals surface area contributed by atoms with E-state index in [1.54, 1.807) is 0 Å². The lowest BCUT2D eigenvalue weighted by atomic mass is 9.85. The molecule has 18 heavy (non-hydrogen) atoms. The number of nitrogens with zero attached hydrogens (tertiary/aromatic N) is 1. The number of hydrogen-bond donors (Lipinski definition) is 2. The predicted molar refractivity (Wildman–Crippen MR) is 64.6 cm³/mol. The Balaban J connectivity index is 1.94. The maximum absolute atomic E-state index is 13.3. The number of aromatic nitrogens is 1. The molecule has 0 radical (unpaired) electrons. The molecular formula is C13H17FN2O2. The Labute approximate surface area is 105 Å². The average molecular weight is 252 g/mol. The van der Waals surface area contributed by atoms with Gasteiger partial charge in [0.05, 0.1) is 17.4 Å². The first kappa shape index (κ1) is 13.0. The lowest BCUT2D eigenvalue weighted by Gasteiger charge is -2.32. The molecule has 0 bridgehead atoms. The van der Waals surface area contributed by atoms with Crippen molar-refractivity contribution >= 4 is 5.91 Å². The van der Waals surface area contributed by atoms with Crippen molar-refractivity contribution < 1.29 is 14.3 Å². The minimum absolute atomic E-state index is 0.0376. The van der Waals surface area contributed by atoms with E-state index in [0.29, 0.717) is 12.8 Å². The van der Waals surface area contributed by atoms with E-state index < -0.39 is 17.3 Å². The summed E-state index contributed by atoms with van der Waals surface area (Å²) in [5.74, 6) is -1.15. The van der Waals surface area contributed by atoms with E-state index in [-0.39, 0.29) is 12.1 Å². The van der Waals surface area contributed by atoms with Crippen LogP contribution in [-0.4, -0.2) is 28.1 Å². The van der Waals surface area contributed by atoms with Crippen LogP contribution in [0.2, 0.25) is 0 Å². The molecule has 1 heterocycles. The summed E-state index contributed by atoms with van der Waals surface area (Å²) in [6.07, 6.45) is 6.80. The highest BCUT2D eigenvalue weighted by Gasteiger charge is 2.29. The lowest BCUT2D eigenvalue weighted by Crippen LogP contribution is -2.44. The van der Waals surface area contributed by atoms with Gasteiger partial charge in [0.25, 0.3) is 5.91 Å². The maximum atomic E-state index is 13.3. The van der Waals surface area contributed by atoms with Crippen LogP contribution < -0.4 is 5.32 Å². The molecule has 1 aromatic rings. The van der Waals surface area contributed by atoms with Crippen molar-refractivity contribution in [1.29, 1.82) is 0 Å². The van der Waals surface area contributed by atoms with Crippen LogP contribution in [0, 0.1) is 5.82 Å². The number of amides is 1. The molecule has 4 nitrogen and oxygen atoms in total. The van der Waals surface area contributed by atoms with Gasteiger partial charge in [-0.15, -0.1) is 0 Å². The minimum Gasteiger partial charge on any atom is -0.388 e. The summed E-state index contributed by atoms with van der Waals surface area (Å²) in [6, 6.07) is 1.33. The van der Waals surface area contributed by atoms with Crippen molar-refractivity contribution in [2.45, 2.75) is 37.7 Å². The molecule has 2 N–H and O–H groups in total. The van der Waals surface area contributed by atoms with E-state index in [0.717, 1.165) is 25.5 Å². The molecule has 0 aromatic carbocycles. The van der Waals surface area contributed by atoms with E-state index in [1.165, 1.54) is 12.3 Å². The van der Waals surface area contributed by atoms with Crippen molar-refractivity contribution in [3.05, 3.63) is 29.8 Å². The second-order valence-electron chi connectivity index (χ2n) is 4.82. The van der Waals surface area contributed by atoms with Gasteiger partial charge in [0.1, 0.15) is 0 Å². The number of aliphatic hydroxyl groups is 1. The number of nitrogens with one attached hydrogen (secondary N) is 1. The predicted octanol–water partition coefficient (Wildman–Crippen LogP) is 1.65. The zero-order valence-corrected chi connectivity index (χ0v) is 10.2. The topological polar surface area (TPSA) is 62.2 Å². The zero-order valence-electron chi connectivity index (χ0n) is 10.2. The molecule has 98 valence electrons. The van der Waals surface area contributed by atoms with Crippen LogP contribution >= 0.6 is 0 Å². The van der Waals surface area contributed by atoms with Crippen molar-refractivity contribution in [3.63, 3.8) is 0 Å². The van der Waals surface area contributed by atoms with Gasteiger partial charge < -0.3 is 10.4 Å². The normalized spacial score (nSPS) is 18.3. The Hall–Kier alpha value is -1.49. The quantitative estimate of drug-likeness (QED) is 0.859. The summed E-state index contributed by atoms with van der Waals surface area (Å²) >= 11 is 0. The molecular weight excluding hydrogens is 235 g/mol. The summed E-state index contributed by atoms with van der Waals surface area (Å²) in [7, 11) is 0. The van der Waals surface area contributed by atoms with Crippen LogP contribution in [0.1, 0.15) is 42.5 Å². The lowest BCUT2D eigenvalue weighted by molar-refractivity contribution is 0.00521. The van der Waals surface area contributed by atoms with Crippen LogP contribution in [-0.2, 0) is 0 Å². The summed E-state index contributed by atoms with van der Waals surface area (Å²) in [6.45, 7) is 0.174. The number of pyridine rings is 1. The van der Waals surface area contributed by atoms with Gasteiger partial charge in [-0.1, -0.05) is 19.3 Å². The largest absolute Gasteiger partial charge is 0.388 e. The van der Waals surface area contributed by atoms with Gasteiger partial charge in [0.2, 0.25) is 0 Å². The summed E-state index contributed by atoms with van der Waals surface area (Å²) in [5.41, 5.74) is -0.873. The summed E-state index contributed by atoms with van der Waals surface area (Å²) in [5, 5.41) is 12.8. The molecule has 1 aliphatic rings. The Kier molecular flexibility index (Phi) is 3.91. The summed E-state index contributed by atoms with van der Waals surface area (Å²) < 4.78 is 13.3. The van der Waals surface area contributed by atoms with Gasteiger partial charge in [-0.05, 0) is 18.9 Å². The monoisotopic (exact) mass is 252 g/mol. The van der Waals surface area contributed by atoms with E-state index in [1.807, 2.05) is 0 Å². The standard InChI is InChI=1S/C13H17FN2O2/c14-11-8-15-7-4-10(11)12(17)16-9-13(18)5-2-1-3-6-13/h4,7-8,18H,1-3,5-6,9H2,(H,16,17). The van der Waals surface area contributed by atoms with Crippen LogP contribution in [0.25, 0.3) is 0 Å². The molecule has 5 heteroatoms. The van der Waals surface area contributed by atoms with Crippen LogP contribution in [0.5, 0.6) is 0 Å². The number of halogens is 1. The average Bonchev–Trinajstić information content (AvgIpc) is 2.38. The van der Waals surface area contributed by atoms with E-state index >= 15 is 0 Å². The number of carbonyl (C=O) groups excluding carboxylic acids is 1. The van der Waals surface area contributed by atoms with E-state index in [4.69, 9.17) is 0 Å². The summed E-state index contributed by atoms with van der Waals surface area (Å²) in [4.78, 5) is 15.3. The molecule has 1 amide bonds. The molecule has 0 saturated heterocycles. The minimum atomic E-state index is -0.836. The highest BCUT2D eigenvalue weighted by molar-refractivity contribution is 5.94. The fourth-order valence-electron chi connectivity index (χ4n) is 2.29. The van der Waals surface area contributed by atoms with E-state index in [9.17, 15) is 14.3 Å². The molecule has 2 rings (SSSR count). The second-order valence-corrected chi connectivity index (χ2v) is 4.82. The van der Waals surface area contributed by atoms with Gasteiger partial charge in [0, 0.05) is 12.7 Å². The molecule has 1 fully saturated rings. The molecule has 0 aliphatic heterocycles. The molecule has 0 unspecified atom stereocenters. The Morgan fingerprint density at radius 1 is 1.44 bits per heavy atom. The van der Waals surface area contributed by atoms with Gasteiger partial charge in [0.15, 0.2) is 5.82 Å². The third-order valence-electron chi connectivity index (χ3n) is 3.38. The highest BCUT2D eigenvalue weighted by atomic mass is 19.1. The Morgan fingerprint density at radius 3 is 2.83 bits per heavy atom. The van der Waals surface area contributed by atoms with E-state index in [2.05, 4.69) is 10.3 Å². The Bertz CT molecular complexity index is 431. The fraction of sp³-hybridized carbons (Fsp3) is 0.538. The maximum Gasteiger partial charge on any atom is 0.254 e. The highest BCUT2D eigenvalue weighted by Crippen LogP contribution is 2.27. The zero-order chi connectivity index (χ0) is 13.0. The third-order valence-corrected chi connectivity index (χ3v) is 3.38. The SMILES string of the molecule is O=C(NCC1(O)CCCCC1)c1ccncc1F.